The van der Waals surface area contributed by atoms with Crippen LogP contribution in [0.5, 0.6) is 0 Å². The summed E-state index contributed by atoms with van der Waals surface area (Å²) < 4.78 is 0. The first kappa shape index (κ1) is 14.3. The molecule has 2 aliphatic rings. The highest BCUT2D eigenvalue weighted by atomic mass is 15.1. The van der Waals surface area contributed by atoms with Crippen molar-refractivity contribution in [3.05, 3.63) is 0 Å². The van der Waals surface area contributed by atoms with E-state index >= 15 is 0 Å². The zero-order valence-corrected chi connectivity index (χ0v) is 12.3. The number of piperidine rings is 1. The fourth-order valence-electron chi connectivity index (χ4n) is 3.76. The van der Waals surface area contributed by atoms with E-state index in [1.807, 2.05) is 0 Å². The maximum absolute atomic E-state index is 3.54. The molecule has 1 N–H and O–H groups in total. The largest absolute Gasteiger partial charge is 0.316 e. The van der Waals surface area contributed by atoms with Crippen molar-refractivity contribution < 1.29 is 0 Å². The lowest BCUT2D eigenvalue weighted by atomic mass is 9.90. The molecule has 1 saturated heterocycles. The van der Waals surface area contributed by atoms with Gasteiger partial charge in [0.05, 0.1) is 0 Å². The van der Waals surface area contributed by atoms with E-state index in [-0.39, 0.29) is 0 Å². The first-order chi connectivity index (χ1) is 8.84. The molecule has 1 heterocycles. The lowest BCUT2D eigenvalue weighted by molar-refractivity contribution is 0.199. The van der Waals surface area contributed by atoms with Gasteiger partial charge in [0, 0.05) is 13.1 Å². The van der Waals surface area contributed by atoms with Crippen LogP contribution in [-0.4, -0.2) is 38.1 Å². The molecule has 0 amide bonds. The van der Waals surface area contributed by atoms with Crippen LogP contribution >= 0.6 is 0 Å². The van der Waals surface area contributed by atoms with E-state index in [4.69, 9.17) is 0 Å². The fourth-order valence-corrected chi connectivity index (χ4v) is 3.76. The smallest absolute Gasteiger partial charge is 0.00189 e. The molecular formula is C16H32N2. The Morgan fingerprint density at radius 1 is 0.833 bits per heavy atom. The van der Waals surface area contributed by atoms with Crippen molar-refractivity contribution in [3.63, 3.8) is 0 Å². The molecule has 1 aliphatic heterocycles. The third-order valence-corrected chi connectivity index (χ3v) is 4.76. The Kier molecular flexibility index (Phi) is 6.50. The highest BCUT2D eigenvalue weighted by Crippen LogP contribution is 2.23. The number of nitrogens with one attached hydrogen (secondary N) is 1. The van der Waals surface area contributed by atoms with Crippen molar-refractivity contribution in [1.29, 1.82) is 0 Å². The Labute approximate surface area is 114 Å². The normalized spacial score (nSPS) is 28.0. The standard InChI is InChI=1S/C16H32N2/c1-18(14-16-10-7-11-17-12-16)13-15-8-5-3-2-4-6-9-15/h15-17H,2-14H2,1H3. The third-order valence-electron chi connectivity index (χ3n) is 4.76. The molecule has 0 radical (unpaired) electrons. The van der Waals surface area contributed by atoms with Crippen LogP contribution in [0.1, 0.15) is 57.8 Å². The number of hydrogen-bond acceptors (Lipinski definition) is 2. The van der Waals surface area contributed by atoms with E-state index in [1.54, 1.807) is 0 Å². The van der Waals surface area contributed by atoms with E-state index in [2.05, 4.69) is 17.3 Å². The van der Waals surface area contributed by atoms with E-state index in [9.17, 15) is 0 Å². The van der Waals surface area contributed by atoms with Crippen LogP contribution in [0.4, 0.5) is 0 Å². The molecule has 1 aliphatic carbocycles. The van der Waals surface area contributed by atoms with Crippen molar-refractivity contribution >= 4 is 0 Å². The number of rotatable bonds is 4. The minimum atomic E-state index is 0.900. The summed E-state index contributed by atoms with van der Waals surface area (Å²) in [6, 6.07) is 0. The molecule has 2 fully saturated rings. The molecule has 0 spiro atoms. The van der Waals surface area contributed by atoms with Crippen LogP contribution in [0.25, 0.3) is 0 Å². The molecule has 1 saturated carbocycles. The van der Waals surface area contributed by atoms with Gasteiger partial charge in [-0.2, -0.15) is 0 Å². The lowest BCUT2D eigenvalue weighted by Crippen LogP contribution is -2.38. The summed E-state index contributed by atoms with van der Waals surface area (Å²) in [5.41, 5.74) is 0. The van der Waals surface area contributed by atoms with E-state index in [0.29, 0.717) is 0 Å². The maximum atomic E-state index is 3.54. The van der Waals surface area contributed by atoms with Crippen LogP contribution in [0, 0.1) is 11.8 Å². The molecule has 1 atom stereocenters. The Morgan fingerprint density at radius 2 is 1.44 bits per heavy atom. The topological polar surface area (TPSA) is 15.3 Å². The number of hydrogen-bond donors (Lipinski definition) is 1. The molecule has 0 aromatic carbocycles. The molecule has 106 valence electrons. The second-order valence-corrected chi connectivity index (χ2v) is 6.64. The summed E-state index contributed by atoms with van der Waals surface area (Å²) in [4.78, 5) is 2.62. The predicted molar refractivity (Wildman–Crippen MR) is 78.9 cm³/mol. The highest BCUT2D eigenvalue weighted by molar-refractivity contribution is 4.74. The molecule has 2 heteroatoms. The first-order valence-electron chi connectivity index (χ1n) is 8.24. The Hall–Kier alpha value is -0.0800. The van der Waals surface area contributed by atoms with Gasteiger partial charge in [-0.3, -0.25) is 0 Å². The van der Waals surface area contributed by atoms with E-state index in [0.717, 1.165) is 11.8 Å². The molecule has 0 bridgehead atoms. The monoisotopic (exact) mass is 252 g/mol. The molecule has 1 unspecified atom stereocenters. The summed E-state index contributed by atoms with van der Waals surface area (Å²) in [6.45, 7) is 5.14. The van der Waals surface area contributed by atoms with Crippen LogP contribution in [-0.2, 0) is 0 Å². The van der Waals surface area contributed by atoms with Crippen LogP contribution in [0.15, 0.2) is 0 Å². The van der Waals surface area contributed by atoms with Crippen LogP contribution < -0.4 is 5.32 Å². The average molecular weight is 252 g/mol. The van der Waals surface area contributed by atoms with Gasteiger partial charge < -0.3 is 10.2 Å². The quantitative estimate of drug-likeness (QED) is 0.826. The molecule has 2 rings (SSSR count). The Bertz CT molecular complexity index is 203. The van der Waals surface area contributed by atoms with Gasteiger partial charge in [-0.05, 0) is 57.7 Å². The van der Waals surface area contributed by atoms with Gasteiger partial charge in [0.1, 0.15) is 0 Å². The maximum Gasteiger partial charge on any atom is 0.00189 e. The van der Waals surface area contributed by atoms with Crippen molar-refractivity contribution in [3.8, 4) is 0 Å². The van der Waals surface area contributed by atoms with Crippen molar-refractivity contribution in [2.75, 3.05) is 33.2 Å². The molecular weight excluding hydrogens is 220 g/mol. The van der Waals surface area contributed by atoms with Gasteiger partial charge in [0.15, 0.2) is 0 Å². The van der Waals surface area contributed by atoms with Gasteiger partial charge in [0.2, 0.25) is 0 Å². The predicted octanol–water partition coefficient (Wildman–Crippen LogP) is 3.28. The van der Waals surface area contributed by atoms with Gasteiger partial charge in [-0.1, -0.05) is 32.1 Å². The van der Waals surface area contributed by atoms with E-state index < -0.39 is 0 Å². The average Bonchev–Trinajstić information content (AvgIpc) is 2.34. The molecule has 0 aromatic rings. The SMILES string of the molecule is CN(CC1CCCCCCC1)CC1CCCNC1. The minimum Gasteiger partial charge on any atom is -0.316 e. The summed E-state index contributed by atoms with van der Waals surface area (Å²) in [5, 5.41) is 3.54. The second kappa shape index (κ2) is 8.16. The zero-order valence-electron chi connectivity index (χ0n) is 12.3. The van der Waals surface area contributed by atoms with Gasteiger partial charge in [0.25, 0.3) is 0 Å². The minimum absolute atomic E-state index is 0.900. The zero-order chi connectivity index (χ0) is 12.6. The summed E-state index contributed by atoms with van der Waals surface area (Å²) in [5.74, 6) is 1.88. The summed E-state index contributed by atoms with van der Waals surface area (Å²) in [6.07, 6.45) is 13.2. The highest BCUT2D eigenvalue weighted by Gasteiger charge is 2.18. The van der Waals surface area contributed by atoms with Crippen molar-refractivity contribution in [2.24, 2.45) is 11.8 Å². The van der Waals surface area contributed by atoms with Crippen molar-refractivity contribution in [1.82, 2.24) is 10.2 Å². The Balaban J connectivity index is 1.66. The van der Waals surface area contributed by atoms with Crippen LogP contribution in [0.3, 0.4) is 0 Å². The summed E-state index contributed by atoms with van der Waals surface area (Å²) in [7, 11) is 2.34. The lowest BCUT2D eigenvalue weighted by Gasteiger charge is -2.30. The number of nitrogens with zero attached hydrogens (tertiary/aromatic N) is 1. The Morgan fingerprint density at radius 3 is 2.11 bits per heavy atom. The van der Waals surface area contributed by atoms with Crippen LogP contribution in [0.2, 0.25) is 0 Å². The molecule has 0 aromatic heterocycles. The third kappa shape index (κ3) is 5.27. The molecule has 2 nitrogen and oxygen atoms in total. The van der Waals surface area contributed by atoms with Gasteiger partial charge >= 0.3 is 0 Å². The second-order valence-electron chi connectivity index (χ2n) is 6.64. The molecule has 18 heavy (non-hydrogen) atoms. The fraction of sp³-hybridized carbons (Fsp3) is 1.00. The van der Waals surface area contributed by atoms with Gasteiger partial charge in [-0.25, -0.2) is 0 Å². The van der Waals surface area contributed by atoms with Gasteiger partial charge in [-0.15, -0.1) is 0 Å². The summed E-state index contributed by atoms with van der Waals surface area (Å²) >= 11 is 0. The van der Waals surface area contributed by atoms with E-state index in [1.165, 1.54) is 84.0 Å². The first-order valence-corrected chi connectivity index (χ1v) is 8.24. The van der Waals surface area contributed by atoms with Crippen molar-refractivity contribution in [2.45, 2.75) is 57.8 Å².